The van der Waals surface area contributed by atoms with Crippen molar-refractivity contribution >= 4 is 56.5 Å². The van der Waals surface area contributed by atoms with Gasteiger partial charge in [-0.2, -0.15) is 0 Å². The Morgan fingerprint density at radius 1 is 1.23 bits per heavy atom. The maximum absolute atomic E-state index is 13.3. The van der Waals surface area contributed by atoms with Crippen molar-refractivity contribution in [2.24, 2.45) is 7.05 Å². The summed E-state index contributed by atoms with van der Waals surface area (Å²) in [5.41, 5.74) is 1.21. The minimum Gasteiger partial charge on any atom is -0.495 e. The van der Waals surface area contributed by atoms with E-state index >= 15 is 0 Å². The Morgan fingerprint density at radius 3 is 2.71 bits per heavy atom. The third-order valence-electron chi connectivity index (χ3n) is 4.65. The lowest BCUT2D eigenvalue weighted by Crippen LogP contribution is -2.23. The Kier molecular flexibility index (Phi) is 6.31. The van der Waals surface area contributed by atoms with Crippen LogP contribution < -0.4 is 15.6 Å². The van der Waals surface area contributed by atoms with Gasteiger partial charge in [0.05, 0.1) is 17.5 Å². The van der Waals surface area contributed by atoms with Gasteiger partial charge in [-0.1, -0.05) is 53.7 Å². The standard InChI is InChI=1S/C22H18ClN3O3S2/c1-26-21(28)15-10-11-30-20(15)25-22(26)31-18(13-6-4-3-5-7-13)19(27)24-14-8-9-17(29-2)16(23)12-14/h3-12,18H,1-2H3,(H,24,27). The first-order valence-corrected chi connectivity index (χ1v) is 11.4. The van der Waals surface area contributed by atoms with Crippen LogP contribution in [0.5, 0.6) is 5.75 Å². The van der Waals surface area contributed by atoms with Crippen molar-refractivity contribution in [3.8, 4) is 5.75 Å². The van der Waals surface area contributed by atoms with Crippen molar-refractivity contribution < 1.29 is 9.53 Å². The lowest BCUT2D eigenvalue weighted by atomic mass is 10.1. The maximum atomic E-state index is 13.3. The summed E-state index contributed by atoms with van der Waals surface area (Å²) >= 11 is 8.82. The van der Waals surface area contributed by atoms with E-state index in [1.54, 1.807) is 31.3 Å². The maximum Gasteiger partial charge on any atom is 0.262 e. The van der Waals surface area contributed by atoms with E-state index in [0.717, 1.165) is 5.56 Å². The Labute approximate surface area is 191 Å². The molecule has 0 aliphatic carbocycles. The number of nitrogens with zero attached hydrogens (tertiary/aromatic N) is 2. The highest BCUT2D eigenvalue weighted by atomic mass is 35.5. The number of hydrogen-bond acceptors (Lipinski definition) is 6. The normalized spacial score (nSPS) is 12.0. The summed E-state index contributed by atoms with van der Waals surface area (Å²) in [6.45, 7) is 0. The summed E-state index contributed by atoms with van der Waals surface area (Å²) in [7, 11) is 3.20. The molecule has 4 aromatic rings. The zero-order valence-electron chi connectivity index (χ0n) is 16.7. The van der Waals surface area contributed by atoms with Crippen LogP contribution in [0.2, 0.25) is 5.02 Å². The highest BCUT2D eigenvalue weighted by molar-refractivity contribution is 8.00. The van der Waals surface area contributed by atoms with Gasteiger partial charge in [-0.05, 0) is 35.2 Å². The van der Waals surface area contributed by atoms with Gasteiger partial charge in [0.2, 0.25) is 5.91 Å². The lowest BCUT2D eigenvalue weighted by molar-refractivity contribution is -0.115. The SMILES string of the molecule is COc1ccc(NC(=O)C(Sc2nc3sccc3c(=O)n2C)c2ccccc2)cc1Cl. The summed E-state index contributed by atoms with van der Waals surface area (Å²) in [6.07, 6.45) is 0. The van der Waals surface area contributed by atoms with Crippen LogP contribution in [0.25, 0.3) is 10.2 Å². The molecular formula is C22H18ClN3O3S2. The molecule has 31 heavy (non-hydrogen) atoms. The molecule has 0 saturated carbocycles. The number of rotatable bonds is 6. The number of aromatic nitrogens is 2. The lowest BCUT2D eigenvalue weighted by Gasteiger charge is -2.18. The van der Waals surface area contributed by atoms with Gasteiger partial charge >= 0.3 is 0 Å². The van der Waals surface area contributed by atoms with E-state index < -0.39 is 5.25 Å². The third-order valence-corrected chi connectivity index (χ3v) is 7.05. The van der Waals surface area contributed by atoms with Crippen molar-refractivity contribution in [2.45, 2.75) is 10.4 Å². The number of amides is 1. The summed E-state index contributed by atoms with van der Waals surface area (Å²) in [5, 5.41) is 5.56. The number of carbonyl (C=O) groups is 1. The number of ether oxygens (including phenoxy) is 1. The Balaban J connectivity index is 1.68. The van der Waals surface area contributed by atoms with Gasteiger partial charge in [0.15, 0.2) is 5.16 Å². The molecule has 0 radical (unpaired) electrons. The number of anilines is 1. The van der Waals surface area contributed by atoms with Crippen LogP contribution in [0, 0.1) is 0 Å². The third kappa shape index (κ3) is 4.46. The predicted octanol–water partition coefficient (Wildman–Crippen LogP) is 5.13. The molecule has 1 unspecified atom stereocenters. The molecule has 0 saturated heterocycles. The Bertz CT molecular complexity index is 1300. The summed E-state index contributed by atoms with van der Waals surface area (Å²) in [4.78, 5) is 31.2. The number of thioether (sulfide) groups is 1. The molecule has 0 fully saturated rings. The van der Waals surface area contributed by atoms with E-state index in [-0.39, 0.29) is 11.5 Å². The Hall–Kier alpha value is -2.81. The molecular weight excluding hydrogens is 454 g/mol. The Morgan fingerprint density at radius 2 is 2.00 bits per heavy atom. The van der Waals surface area contributed by atoms with Crippen LogP contribution in [0.4, 0.5) is 5.69 Å². The average molecular weight is 472 g/mol. The quantitative estimate of drug-likeness (QED) is 0.312. The van der Waals surface area contributed by atoms with Crippen LogP contribution in [-0.4, -0.2) is 22.6 Å². The number of nitrogens with one attached hydrogen (secondary N) is 1. The molecule has 4 rings (SSSR count). The largest absolute Gasteiger partial charge is 0.495 e. The second kappa shape index (κ2) is 9.13. The molecule has 0 bridgehead atoms. The fourth-order valence-corrected chi connectivity index (χ4v) is 5.17. The van der Waals surface area contributed by atoms with Gasteiger partial charge in [0.1, 0.15) is 15.8 Å². The highest BCUT2D eigenvalue weighted by Gasteiger charge is 2.25. The van der Waals surface area contributed by atoms with Crippen molar-refractivity contribution in [2.75, 3.05) is 12.4 Å². The zero-order valence-corrected chi connectivity index (χ0v) is 19.1. The van der Waals surface area contributed by atoms with Crippen molar-refractivity contribution in [3.63, 3.8) is 0 Å². The molecule has 0 aliphatic heterocycles. The predicted molar refractivity (Wildman–Crippen MR) is 127 cm³/mol. The molecule has 0 aliphatic rings. The number of methoxy groups -OCH3 is 1. The second-order valence-corrected chi connectivity index (χ2v) is 9.02. The summed E-state index contributed by atoms with van der Waals surface area (Å²) in [5.74, 6) is 0.273. The van der Waals surface area contributed by atoms with Gasteiger partial charge in [0, 0.05) is 12.7 Å². The van der Waals surface area contributed by atoms with E-state index in [1.807, 2.05) is 35.7 Å². The minimum atomic E-state index is -0.627. The number of benzene rings is 2. The molecule has 6 nitrogen and oxygen atoms in total. The van der Waals surface area contributed by atoms with Crippen molar-refractivity contribution in [1.29, 1.82) is 0 Å². The number of hydrogen-bond donors (Lipinski definition) is 1. The van der Waals surface area contributed by atoms with Crippen LogP contribution >= 0.6 is 34.7 Å². The highest BCUT2D eigenvalue weighted by Crippen LogP contribution is 2.36. The molecule has 1 amide bonds. The zero-order chi connectivity index (χ0) is 22.0. The smallest absolute Gasteiger partial charge is 0.262 e. The number of carbonyl (C=O) groups excluding carboxylic acids is 1. The average Bonchev–Trinajstić information content (AvgIpc) is 3.24. The van der Waals surface area contributed by atoms with E-state index in [2.05, 4.69) is 10.3 Å². The van der Waals surface area contributed by atoms with Crippen LogP contribution in [0.1, 0.15) is 10.8 Å². The molecule has 9 heteroatoms. The molecule has 1 N–H and O–H groups in total. The molecule has 0 spiro atoms. The van der Waals surface area contributed by atoms with Crippen LogP contribution in [0.3, 0.4) is 0 Å². The number of fused-ring (bicyclic) bond motifs is 1. The minimum absolute atomic E-state index is 0.136. The second-order valence-electron chi connectivity index (χ2n) is 6.65. The van der Waals surface area contributed by atoms with E-state index in [9.17, 15) is 9.59 Å². The summed E-state index contributed by atoms with van der Waals surface area (Å²) in [6, 6.07) is 16.2. The first kappa shape index (κ1) is 21.4. The molecule has 2 aromatic heterocycles. The van der Waals surface area contributed by atoms with Gasteiger partial charge in [0.25, 0.3) is 5.56 Å². The topological polar surface area (TPSA) is 73.2 Å². The molecule has 158 valence electrons. The number of thiophene rings is 1. The van der Waals surface area contributed by atoms with Gasteiger partial charge in [-0.3, -0.25) is 14.2 Å². The van der Waals surface area contributed by atoms with Crippen LogP contribution in [-0.2, 0) is 11.8 Å². The first-order chi connectivity index (χ1) is 15.0. The number of halogens is 1. The molecule has 1 atom stereocenters. The fourth-order valence-electron chi connectivity index (χ4n) is 3.04. The van der Waals surface area contributed by atoms with E-state index in [4.69, 9.17) is 16.3 Å². The molecule has 2 aromatic carbocycles. The van der Waals surface area contributed by atoms with E-state index in [1.165, 1.54) is 34.8 Å². The van der Waals surface area contributed by atoms with Crippen LogP contribution in [0.15, 0.2) is 69.9 Å². The van der Waals surface area contributed by atoms with Gasteiger partial charge < -0.3 is 10.1 Å². The summed E-state index contributed by atoms with van der Waals surface area (Å²) < 4.78 is 6.64. The van der Waals surface area contributed by atoms with Gasteiger partial charge in [-0.25, -0.2) is 4.98 Å². The van der Waals surface area contributed by atoms with Gasteiger partial charge in [-0.15, -0.1) is 11.3 Å². The fraction of sp³-hybridized carbons (Fsp3) is 0.136. The molecule has 2 heterocycles. The van der Waals surface area contributed by atoms with Crippen molar-refractivity contribution in [1.82, 2.24) is 9.55 Å². The van der Waals surface area contributed by atoms with Crippen molar-refractivity contribution in [3.05, 3.63) is 80.9 Å². The first-order valence-electron chi connectivity index (χ1n) is 9.28. The monoisotopic (exact) mass is 471 g/mol. The van der Waals surface area contributed by atoms with E-state index in [0.29, 0.717) is 31.8 Å².